The molecule has 0 N–H and O–H groups in total. The summed E-state index contributed by atoms with van der Waals surface area (Å²) in [5.74, 6) is 0.808. The zero-order chi connectivity index (χ0) is 32.1. The molecular weight excluding hydrogens is 605 g/mol. The summed E-state index contributed by atoms with van der Waals surface area (Å²) in [5, 5.41) is 6.15. The summed E-state index contributed by atoms with van der Waals surface area (Å²) < 4.78 is 17.4. The minimum Gasteiger partial charge on any atom is -0.309 e. The van der Waals surface area contributed by atoms with Gasteiger partial charge in [0, 0.05) is 21.6 Å². The molecule has 9 rings (SSSR count). The van der Waals surface area contributed by atoms with E-state index in [0.717, 1.165) is 85.3 Å². The van der Waals surface area contributed by atoms with Gasteiger partial charge in [0.15, 0.2) is 7.14 Å². The molecule has 1 unspecified atom stereocenters. The fourth-order valence-corrected chi connectivity index (χ4v) is 9.99. The number of imidazole rings is 1. The van der Waals surface area contributed by atoms with Crippen molar-refractivity contribution in [3.8, 4) is 22.5 Å². The quantitative estimate of drug-likeness (QED) is 0.177. The van der Waals surface area contributed by atoms with Gasteiger partial charge in [-0.05, 0) is 76.8 Å². The Kier molecular flexibility index (Phi) is 6.92. The number of para-hydroxylation sites is 2. The Labute approximate surface area is 279 Å². The van der Waals surface area contributed by atoms with E-state index >= 15 is 4.57 Å². The number of allylic oxidation sites excluding steroid dienone is 4. The highest BCUT2D eigenvalue weighted by molar-refractivity contribution is 7.82. The van der Waals surface area contributed by atoms with Gasteiger partial charge in [-0.2, -0.15) is 0 Å². The molecule has 230 valence electrons. The highest BCUT2D eigenvalue weighted by Crippen LogP contribution is 2.54. The first-order valence-electron chi connectivity index (χ1n) is 16.5. The lowest BCUT2D eigenvalue weighted by Gasteiger charge is -2.22. The van der Waals surface area contributed by atoms with Gasteiger partial charge in [-0.3, -0.25) is 4.40 Å². The van der Waals surface area contributed by atoms with Crippen molar-refractivity contribution in [2.24, 2.45) is 0 Å². The minimum absolute atomic E-state index is 0.808. The molecule has 0 bridgehead atoms. The molecule has 8 aromatic rings. The maximum atomic E-state index is 15.2. The second-order valence-corrected chi connectivity index (χ2v) is 15.3. The molecule has 1 aliphatic rings. The third-order valence-electron chi connectivity index (χ3n) is 9.56. The number of fused-ring (bicyclic) bond motifs is 6. The van der Waals surface area contributed by atoms with Crippen LogP contribution in [-0.2, 0) is 4.57 Å². The van der Waals surface area contributed by atoms with Crippen LogP contribution in [0, 0.1) is 0 Å². The Bertz CT molecular complexity index is 2620. The van der Waals surface area contributed by atoms with E-state index in [1.54, 1.807) is 0 Å². The van der Waals surface area contributed by atoms with Crippen LogP contribution in [0.4, 0.5) is 0 Å². The molecule has 5 heteroatoms. The van der Waals surface area contributed by atoms with Crippen LogP contribution in [0.1, 0.15) is 19.3 Å². The number of hydrogen-bond donors (Lipinski definition) is 0. The Hall–Kier alpha value is -5.57. The number of hydrogen-bond acceptors (Lipinski definition) is 3. The summed E-state index contributed by atoms with van der Waals surface area (Å²) in [6.07, 6.45) is 9.12. The molecule has 1 aliphatic carbocycles. The van der Waals surface area contributed by atoms with E-state index in [1.165, 1.54) is 10.8 Å². The standard InChI is InChI=1S/C43H32N3OP/c47-48(36-16-6-3-7-17-36,35-14-4-1-2-5-15-35)37-25-22-31(23-26-37)42-44-39-27-24-34(33-21-20-30-12-8-9-13-32(30)28-33)29-38(39)43-45-40-18-10-11-19-41(40)46(42)43/h1,3-4,6-14,16-29H,2,5,15H2. The summed E-state index contributed by atoms with van der Waals surface area (Å²) in [5.41, 5.74) is 6.90. The zero-order valence-corrected chi connectivity index (χ0v) is 27.2. The molecule has 6 aromatic carbocycles. The first kappa shape index (κ1) is 28.6. The van der Waals surface area contributed by atoms with Gasteiger partial charge in [0.05, 0.1) is 16.6 Å². The Morgan fingerprint density at radius 3 is 2.19 bits per heavy atom. The van der Waals surface area contributed by atoms with Gasteiger partial charge in [0.25, 0.3) is 0 Å². The maximum absolute atomic E-state index is 15.2. The number of nitrogens with zero attached hydrogens (tertiary/aromatic N) is 3. The van der Waals surface area contributed by atoms with Gasteiger partial charge in [-0.25, -0.2) is 9.97 Å². The fraction of sp³-hybridized carbons (Fsp3) is 0.0698. The second-order valence-electron chi connectivity index (χ2n) is 12.5. The fourth-order valence-electron chi connectivity index (χ4n) is 7.10. The summed E-state index contributed by atoms with van der Waals surface area (Å²) in [6.45, 7) is 0. The normalized spacial score (nSPS) is 14.7. The molecular formula is C43H32N3OP. The van der Waals surface area contributed by atoms with Crippen LogP contribution < -0.4 is 10.6 Å². The topological polar surface area (TPSA) is 47.3 Å². The second kappa shape index (κ2) is 11.6. The van der Waals surface area contributed by atoms with Crippen molar-refractivity contribution in [2.45, 2.75) is 19.3 Å². The Morgan fingerprint density at radius 2 is 1.31 bits per heavy atom. The van der Waals surface area contributed by atoms with Crippen LogP contribution >= 0.6 is 7.14 Å². The first-order chi connectivity index (χ1) is 23.7. The number of benzene rings is 6. The van der Waals surface area contributed by atoms with Crippen LogP contribution in [0.3, 0.4) is 0 Å². The third-order valence-corrected chi connectivity index (χ3v) is 12.8. The monoisotopic (exact) mass is 637 g/mol. The van der Waals surface area contributed by atoms with Crippen molar-refractivity contribution in [1.29, 1.82) is 0 Å². The van der Waals surface area contributed by atoms with Crippen molar-refractivity contribution in [3.05, 3.63) is 163 Å². The molecule has 0 saturated heterocycles. The average Bonchev–Trinajstić information content (AvgIpc) is 3.33. The Balaban J connectivity index is 1.21. The summed E-state index contributed by atoms with van der Waals surface area (Å²) in [4.78, 5) is 10.4. The smallest absolute Gasteiger partial charge is 0.167 e. The van der Waals surface area contributed by atoms with E-state index in [1.807, 2.05) is 54.6 Å². The highest BCUT2D eigenvalue weighted by atomic mass is 31.2. The summed E-state index contributed by atoms with van der Waals surface area (Å²) in [6, 6.07) is 47.9. The molecule has 4 nitrogen and oxygen atoms in total. The Morgan fingerprint density at radius 1 is 0.604 bits per heavy atom. The van der Waals surface area contributed by atoms with Crippen LogP contribution in [0.2, 0.25) is 0 Å². The third kappa shape index (κ3) is 4.72. The van der Waals surface area contributed by atoms with E-state index in [-0.39, 0.29) is 0 Å². The lowest BCUT2D eigenvalue weighted by Crippen LogP contribution is -2.17. The predicted octanol–water partition coefficient (Wildman–Crippen LogP) is 10.5. The van der Waals surface area contributed by atoms with Crippen molar-refractivity contribution in [3.63, 3.8) is 0 Å². The van der Waals surface area contributed by atoms with Gasteiger partial charge < -0.3 is 4.57 Å². The SMILES string of the molecule is O=P(C1=CC=CCCC1)(c1ccccc1)c1ccc(-c2nc3ccc(-c4ccc5ccccc5c4)cc3c3nc4ccccc4n23)cc1. The molecule has 0 aliphatic heterocycles. The van der Waals surface area contributed by atoms with Gasteiger partial charge in [-0.1, -0.05) is 127 Å². The molecule has 0 fully saturated rings. The van der Waals surface area contributed by atoms with Crippen molar-refractivity contribution in [2.75, 3.05) is 0 Å². The lowest BCUT2D eigenvalue weighted by molar-refractivity contribution is 0.589. The van der Waals surface area contributed by atoms with Gasteiger partial charge >= 0.3 is 0 Å². The van der Waals surface area contributed by atoms with E-state index in [4.69, 9.17) is 9.97 Å². The van der Waals surface area contributed by atoms with E-state index in [0.29, 0.717) is 0 Å². The summed E-state index contributed by atoms with van der Waals surface area (Å²) >= 11 is 0. The summed E-state index contributed by atoms with van der Waals surface area (Å²) in [7, 11) is -3.03. The number of rotatable bonds is 5. The van der Waals surface area contributed by atoms with Gasteiger partial charge in [0.1, 0.15) is 11.5 Å². The van der Waals surface area contributed by atoms with Crippen molar-refractivity contribution < 1.29 is 4.57 Å². The molecule has 0 amide bonds. The molecule has 48 heavy (non-hydrogen) atoms. The maximum Gasteiger partial charge on any atom is 0.167 e. The average molecular weight is 638 g/mol. The highest BCUT2D eigenvalue weighted by Gasteiger charge is 2.31. The van der Waals surface area contributed by atoms with E-state index in [2.05, 4.69) is 108 Å². The predicted molar refractivity (Wildman–Crippen MR) is 201 cm³/mol. The van der Waals surface area contributed by atoms with Crippen LogP contribution in [0.15, 0.2) is 163 Å². The molecule has 2 aromatic heterocycles. The van der Waals surface area contributed by atoms with E-state index in [9.17, 15) is 0 Å². The zero-order valence-electron chi connectivity index (χ0n) is 26.3. The lowest BCUT2D eigenvalue weighted by atomic mass is 10.00. The van der Waals surface area contributed by atoms with Gasteiger partial charge in [-0.15, -0.1) is 0 Å². The van der Waals surface area contributed by atoms with Crippen molar-refractivity contribution >= 4 is 56.1 Å². The number of aromatic nitrogens is 3. The largest absolute Gasteiger partial charge is 0.309 e. The van der Waals surface area contributed by atoms with Crippen molar-refractivity contribution in [1.82, 2.24) is 14.4 Å². The molecule has 1 atom stereocenters. The molecule has 0 radical (unpaired) electrons. The van der Waals surface area contributed by atoms with Gasteiger partial charge in [0.2, 0.25) is 0 Å². The molecule has 2 heterocycles. The van der Waals surface area contributed by atoms with E-state index < -0.39 is 7.14 Å². The van der Waals surface area contributed by atoms with Crippen LogP contribution in [0.25, 0.3) is 60.9 Å². The van der Waals surface area contributed by atoms with Crippen LogP contribution in [-0.4, -0.2) is 14.4 Å². The molecule has 0 saturated carbocycles. The first-order valence-corrected chi connectivity index (χ1v) is 18.2. The molecule has 0 spiro atoms. The van der Waals surface area contributed by atoms with Crippen LogP contribution in [0.5, 0.6) is 0 Å². The minimum atomic E-state index is -3.03.